The minimum Gasteiger partial charge on any atom is -0.466 e. The number of ether oxygens (including phenoxy) is 1. The molecule has 0 amide bonds. The maximum absolute atomic E-state index is 5.51. The first kappa shape index (κ1) is 15.5. The van der Waals surface area contributed by atoms with Gasteiger partial charge < -0.3 is 14.5 Å². The number of methoxy groups -OCH3 is 1. The molecule has 0 aliphatic heterocycles. The van der Waals surface area contributed by atoms with E-state index in [1.807, 2.05) is 33.8 Å². The molecule has 0 aromatic carbocycles. The van der Waals surface area contributed by atoms with Crippen LogP contribution in [0.1, 0.15) is 37.0 Å². The van der Waals surface area contributed by atoms with E-state index in [1.165, 1.54) is 0 Å². The summed E-state index contributed by atoms with van der Waals surface area (Å²) in [5, 5.41) is 3.15. The van der Waals surface area contributed by atoms with Gasteiger partial charge >= 0.3 is 0 Å². The summed E-state index contributed by atoms with van der Waals surface area (Å²) >= 11 is 0. The number of hydrogen-bond donors (Lipinski definition) is 3. The van der Waals surface area contributed by atoms with Crippen LogP contribution in [0.15, 0.2) is 15.5 Å². The van der Waals surface area contributed by atoms with Crippen LogP contribution < -0.4 is 16.6 Å². The Morgan fingerprint density at radius 3 is 2.63 bits per heavy atom. The first-order valence-corrected chi connectivity index (χ1v) is 6.34. The summed E-state index contributed by atoms with van der Waals surface area (Å²) in [4.78, 5) is 4.52. The molecule has 6 heteroatoms. The number of nitrogens with zero attached hydrogens (tertiary/aromatic N) is 1. The van der Waals surface area contributed by atoms with E-state index in [1.54, 1.807) is 7.11 Å². The molecule has 19 heavy (non-hydrogen) atoms. The lowest BCUT2D eigenvalue weighted by Crippen LogP contribution is -2.47. The molecule has 6 nitrogen and oxygen atoms in total. The Kier molecular flexibility index (Phi) is 5.85. The Hall–Kier alpha value is -1.53. The third kappa shape index (κ3) is 4.57. The van der Waals surface area contributed by atoms with Crippen LogP contribution in [0.4, 0.5) is 0 Å². The first-order valence-electron chi connectivity index (χ1n) is 6.34. The van der Waals surface area contributed by atoms with Gasteiger partial charge in [0.15, 0.2) is 0 Å². The minimum atomic E-state index is -0.0363. The van der Waals surface area contributed by atoms with Crippen molar-refractivity contribution in [1.82, 2.24) is 10.7 Å². The van der Waals surface area contributed by atoms with Gasteiger partial charge in [0, 0.05) is 18.7 Å². The van der Waals surface area contributed by atoms with E-state index in [2.05, 4.69) is 15.7 Å². The molecule has 0 bridgehead atoms. The van der Waals surface area contributed by atoms with Gasteiger partial charge in [-0.2, -0.15) is 0 Å². The predicted octanol–water partition coefficient (Wildman–Crippen LogP) is 1.40. The fraction of sp³-hybridized carbons (Fsp3) is 0.615. The number of guanidine groups is 1. The van der Waals surface area contributed by atoms with Crippen LogP contribution in [0.5, 0.6) is 0 Å². The molecule has 2 atom stereocenters. The number of hydrogen-bond acceptors (Lipinski definition) is 4. The molecule has 0 fully saturated rings. The molecule has 0 spiro atoms. The zero-order valence-electron chi connectivity index (χ0n) is 12.3. The highest BCUT2D eigenvalue weighted by molar-refractivity contribution is 5.79. The van der Waals surface area contributed by atoms with Gasteiger partial charge in [0.1, 0.15) is 11.5 Å². The van der Waals surface area contributed by atoms with E-state index >= 15 is 0 Å². The second-order valence-electron chi connectivity index (χ2n) is 4.67. The Morgan fingerprint density at radius 1 is 1.47 bits per heavy atom. The number of hydrazine groups is 1. The van der Waals surface area contributed by atoms with Crippen LogP contribution in [0, 0.1) is 13.8 Å². The van der Waals surface area contributed by atoms with Crippen LogP contribution in [0.2, 0.25) is 0 Å². The second-order valence-corrected chi connectivity index (χ2v) is 4.67. The molecule has 2 unspecified atom stereocenters. The highest BCUT2D eigenvalue weighted by Crippen LogP contribution is 2.23. The van der Waals surface area contributed by atoms with Crippen LogP contribution in [-0.4, -0.2) is 25.7 Å². The van der Waals surface area contributed by atoms with E-state index in [0.29, 0.717) is 12.6 Å². The molecule has 108 valence electrons. The van der Waals surface area contributed by atoms with Gasteiger partial charge in [-0.1, -0.05) is 0 Å². The SMILES string of the molecule is COCC(C)NC(=NC(C)c1cc(C)oc1C)NN. The van der Waals surface area contributed by atoms with Crippen molar-refractivity contribution in [3.63, 3.8) is 0 Å². The van der Waals surface area contributed by atoms with Gasteiger partial charge in [0.2, 0.25) is 5.96 Å². The molecule has 4 N–H and O–H groups in total. The smallest absolute Gasteiger partial charge is 0.206 e. The largest absolute Gasteiger partial charge is 0.466 e. The van der Waals surface area contributed by atoms with Crippen molar-refractivity contribution >= 4 is 5.96 Å². The number of rotatable bonds is 5. The molecule has 0 aliphatic rings. The molecular weight excluding hydrogens is 244 g/mol. The van der Waals surface area contributed by atoms with Gasteiger partial charge in [-0.3, -0.25) is 5.43 Å². The monoisotopic (exact) mass is 268 g/mol. The number of aryl methyl sites for hydroxylation is 2. The molecule has 0 radical (unpaired) electrons. The fourth-order valence-corrected chi connectivity index (χ4v) is 1.97. The maximum atomic E-state index is 5.51. The lowest BCUT2D eigenvalue weighted by Gasteiger charge is -2.17. The van der Waals surface area contributed by atoms with Crippen molar-refractivity contribution in [3.05, 3.63) is 23.2 Å². The lowest BCUT2D eigenvalue weighted by molar-refractivity contribution is 0.179. The van der Waals surface area contributed by atoms with E-state index in [-0.39, 0.29) is 12.1 Å². The summed E-state index contributed by atoms with van der Waals surface area (Å²) in [5.41, 5.74) is 3.63. The van der Waals surface area contributed by atoms with Crippen molar-refractivity contribution in [2.75, 3.05) is 13.7 Å². The fourth-order valence-electron chi connectivity index (χ4n) is 1.97. The van der Waals surface area contributed by atoms with E-state index in [4.69, 9.17) is 15.0 Å². The highest BCUT2D eigenvalue weighted by Gasteiger charge is 2.13. The molecule has 1 heterocycles. The van der Waals surface area contributed by atoms with E-state index < -0.39 is 0 Å². The van der Waals surface area contributed by atoms with Crippen molar-refractivity contribution in [1.29, 1.82) is 0 Å². The van der Waals surface area contributed by atoms with Crippen molar-refractivity contribution in [2.45, 2.75) is 39.8 Å². The summed E-state index contributed by atoms with van der Waals surface area (Å²) in [7, 11) is 1.66. The average molecular weight is 268 g/mol. The molecule has 1 aromatic rings. The maximum Gasteiger partial charge on any atom is 0.206 e. The third-order valence-corrected chi connectivity index (χ3v) is 2.79. The number of furan rings is 1. The first-order chi connectivity index (χ1) is 8.97. The molecule has 0 saturated carbocycles. The molecule has 0 saturated heterocycles. The van der Waals surface area contributed by atoms with Gasteiger partial charge in [-0.05, 0) is 33.8 Å². The highest BCUT2D eigenvalue weighted by atomic mass is 16.5. The average Bonchev–Trinajstić information content (AvgIpc) is 2.67. The van der Waals surface area contributed by atoms with Crippen LogP contribution >= 0.6 is 0 Å². The van der Waals surface area contributed by atoms with Crippen molar-refractivity contribution < 1.29 is 9.15 Å². The Morgan fingerprint density at radius 2 is 2.16 bits per heavy atom. The summed E-state index contributed by atoms with van der Waals surface area (Å²) in [6.07, 6.45) is 0. The van der Waals surface area contributed by atoms with Crippen molar-refractivity contribution in [2.24, 2.45) is 10.8 Å². The summed E-state index contributed by atoms with van der Waals surface area (Å²) in [6.45, 7) is 8.43. The Balaban J connectivity index is 2.77. The van der Waals surface area contributed by atoms with Gasteiger partial charge in [-0.15, -0.1) is 0 Å². The van der Waals surface area contributed by atoms with Gasteiger partial charge in [-0.25, -0.2) is 10.8 Å². The quantitative estimate of drug-likeness (QED) is 0.325. The third-order valence-electron chi connectivity index (χ3n) is 2.79. The summed E-state index contributed by atoms with van der Waals surface area (Å²) in [6, 6.07) is 2.08. The number of nitrogens with one attached hydrogen (secondary N) is 2. The predicted molar refractivity (Wildman–Crippen MR) is 75.8 cm³/mol. The van der Waals surface area contributed by atoms with Crippen LogP contribution in [0.25, 0.3) is 0 Å². The molecule has 1 aromatic heterocycles. The molecule has 0 aliphatic carbocycles. The zero-order chi connectivity index (χ0) is 14.4. The summed E-state index contributed by atoms with van der Waals surface area (Å²) < 4.78 is 10.6. The minimum absolute atomic E-state index is 0.0363. The second kappa shape index (κ2) is 7.16. The molecule has 1 rings (SSSR count). The standard InChI is InChI=1S/C13H24N4O2/c1-8(7-18-5)15-13(17-14)16-10(3)12-6-9(2)19-11(12)4/h6,8,10H,7,14H2,1-5H3,(H2,15,16,17). The van der Waals surface area contributed by atoms with E-state index in [0.717, 1.165) is 17.1 Å². The van der Waals surface area contributed by atoms with Crippen LogP contribution in [-0.2, 0) is 4.74 Å². The molecular formula is C13H24N4O2. The van der Waals surface area contributed by atoms with Gasteiger partial charge in [0.05, 0.1) is 12.6 Å². The van der Waals surface area contributed by atoms with E-state index in [9.17, 15) is 0 Å². The Bertz CT molecular complexity index is 428. The van der Waals surface area contributed by atoms with Crippen LogP contribution in [0.3, 0.4) is 0 Å². The lowest BCUT2D eigenvalue weighted by atomic mass is 10.1. The summed E-state index contributed by atoms with van der Waals surface area (Å²) in [5.74, 6) is 7.79. The topological polar surface area (TPSA) is 84.8 Å². The normalized spacial score (nSPS) is 15.2. The number of nitrogens with two attached hydrogens (primary N) is 1. The van der Waals surface area contributed by atoms with Crippen molar-refractivity contribution in [3.8, 4) is 0 Å². The Labute approximate surface area is 114 Å². The van der Waals surface area contributed by atoms with Gasteiger partial charge in [0.25, 0.3) is 0 Å². The number of aliphatic imine (C=N–C) groups is 1. The zero-order valence-corrected chi connectivity index (χ0v) is 12.3.